The molecule has 28 heavy (non-hydrogen) atoms. The molecule has 0 bridgehead atoms. The summed E-state index contributed by atoms with van der Waals surface area (Å²) in [4.78, 5) is 15.0. The van der Waals surface area contributed by atoms with Gasteiger partial charge in [-0.1, -0.05) is 43.7 Å². The Balaban J connectivity index is 0.000000583. The van der Waals surface area contributed by atoms with Gasteiger partial charge in [-0.05, 0) is 45.7 Å². The van der Waals surface area contributed by atoms with E-state index in [-0.39, 0.29) is 5.43 Å². The summed E-state index contributed by atoms with van der Waals surface area (Å²) in [6.45, 7) is 15.1. The van der Waals surface area contributed by atoms with Crippen LogP contribution in [0.5, 0.6) is 0 Å². The molecule has 0 aliphatic rings. The van der Waals surface area contributed by atoms with Gasteiger partial charge in [-0.2, -0.15) is 0 Å². The molecule has 0 atom stereocenters. The number of thiophene rings is 1. The van der Waals surface area contributed by atoms with Crippen molar-refractivity contribution in [3.05, 3.63) is 67.3 Å². The van der Waals surface area contributed by atoms with Crippen LogP contribution in [-0.4, -0.2) is 28.0 Å². The first-order valence-corrected chi connectivity index (χ1v) is 10.2. The predicted octanol–water partition coefficient (Wildman–Crippen LogP) is 4.41. The molecule has 0 aliphatic carbocycles. The molecule has 0 spiro atoms. The summed E-state index contributed by atoms with van der Waals surface area (Å²) in [5, 5.41) is 15.8. The minimum absolute atomic E-state index is 0.189. The zero-order valence-electron chi connectivity index (χ0n) is 17.8. The van der Waals surface area contributed by atoms with Crippen molar-refractivity contribution < 1.29 is 10.1 Å². The summed E-state index contributed by atoms with van der Waals surface area (Å²) in [6.07, 6.45) is 0.556. The molecule has 2 aromatic heterocycles. The molecular formula is C22H30BNO3S. The fraction of sp³-hybridized carbons (Fsp3) is 0.364. The average Bonchev–Trinajstić information content (AvgIpc) is 3.01. The van der Waals surface area contributed by atoms with Crippen LogP contribution in [0.4, 0.5) is 0 Å². The van der Waals surface area contributed by atoms with E-state index in [9.17, 15) is 4.79 Å². The molecule has 0 saturated carbocycles. The van der Waals surface area contributed by atoms with E-state index in [4.69, 9.17) is 10.1 Å². The summed E-state index contributed by atoms with van der Waals surface area (Å²) in [5.41, 5.74) is 5.78. The van der Waals surface area contributed by atoms with E-state index in [0.717, 1.165) is 33.6 Å². The van der Waals surface area contributed by atoms with Gasteiger partial charge >= 0.3 is 23.4 Å². The zero-order valence-corrected chi connectivity index (χ0v) is 18.6. The maximum atomic E-state index is 12.6. The van der Waals surface area contributed by atoms with E-state index in [1.54, 1.807) is 11.3 Å². The molecule has 6 heteroatoms. The number of hydrogen-bond acceptors (Lipinski definition) is 4. The van der Waals surface area contributed by atoms with Crippen LogP contribution < -0.4 is 5.43 Å². The number of aryl methyl sites for hydroxylation is 3. The molecule has 2 heterocycles. The van der Waals surface area contributed by atoms with Crippen molar-refractivity contribution in [2.45, 2.75) is 55.0 Å². The van der Waals surface area contributed by atoms with Crippen LogP contribution in [0.3, 0.4) is 0 Å². The third kappa shape index (κ3) is 5.13. The van der Waals surface area contributed by atoms with Gasteiger partial charge in [0.15, 0.2) is 5.43 Å². The normalized spacial score (nSPS) is 10.1. The van der Waals surface area contributed by atoms with Crippen LogP contribution in [0, 0.1) is 34.6 Å². The summed E-state index contributed by atoms with van der Waals surface area (Å²) in [5.74, 6) is 0. The Bertz CT molecular complexity index is 998. The standard InChI is InChI=1S/C19H21NOS.C2H6.CH3BO2/c1-11-6-8-16(9-7-11)10-20-14(4)12(2)18(21)17-13(3)15(5)22-19(17)20;1-2;3-1-2-4/h6-9H,10H2,1-5H3;1-2H3;1,3-4H. The van der Waals surface area contributed by atoms with E-state index in [2.05, 4.69) is 56.5 Å². The molecule has 0 aliphatic heterocycles. The van der Waals surface area contributed by atoms with Crippen molar-refractivity contribution in [3.8, 4) is 0 Å². The molecule has 150 valence electrons. The Morgan fingerprint density at radius 2 is 1.57 bits per heavy atom. The number of pyridine rings is 1. The van der Waals surface area contributed by atoms with Gasteiger partial charge in [-0.25, -0.2) is 0 Å². The Morgan fingerprint density at radius 3 is 2.07 bits per heavy atom. The van der Waals surface area contributed by atoms with Crippen LogP contribution in [0.2, 0.25) is 0 Å². The van der Waals surface area contributed by atoms with E-state index >= 15 is 0 Å². The van der Waals surface area contributed by atoms with Crippen molar-refractivity contribution in [1.29, 1.82) is 0 Å². The molecule has 1 aromatic carbocycles. The summed E-state index contributed by atoms with van der Waals surface area (Å²) >= 11 is 1.73. The topological polar surface area (TPSA) is 62.5 Å². The number of hydrogen-bond donors (Lipinski definition) is 2. The summed E-state index contributed by atoms with van der Waals surface area (Å²) < 4.78 is 2.29. The minimum atomic E-state index is 0.189. The molecule has 0 unspecified atom stereocenters. The van der Waals surface area contributed by atoms with E-state index in [1.165, 1.54) is 16.0 Å². The first kappa shape index (κ1) is 23.7. The Hall–Kier alpha value is -2.34. The van der Waals surface area contributed by atoms with Crippen molar-refractivity contribution in [3.63, 3.8) is 0 Å². The van der Waals surface area contributed by atoms with E-state index in [1.807, 2.05) is 20.8 Å². The number of aromatic nitrogens is 1. The van der Waals surface area contributed by atoms with Gasteiger partial charge in [0.1, 0.15) is 4.83 Å². The maximum absolute atomic E-state index is 12.6. The van der Waals surface area contributed by atoms with Gasteiger partial charge in [0, 0.05) is 22.7 Å². The van der Waals surface area contributed by atoms with Crippen LogP contribution in [0.15, 0.2) is 29.1 Å². The van der Waals surface area contributed by atoms with Gasteiger partial charge in [-0.3, -0.25) is 4.79 Å². The number of aliphatic hydroxyl groups excluding tert-OH is 1. The molecule has 2 N–H and O–H groups in total. The van der Waals surface area contributed by atoms with Crippen molar-refractivity contribution >= 4 is 34.8 Å². The molecule has 3 rings (SSSR count). The molecular weight excluding hydrogens is 369 g/mol. The third-order valence-corrected chi connectivity index (χ3v) is 5.89. The number of aliphatic hydroxyl groups is 1. The first-order valence-electron chi connectivity index (χ1n) is 9.40. The van der Waals surface area contributed by atoms with Gasteiger partial charge in [0.2, 0.25) is 0 Å². The number of rotatable bonds is 2. The molecule has 3 aromatic rings. The second-order valence-electron chi connectivity index (χ2n) is 6.37. The quantitative estimate of drug-likeness (QED) is 0.628. The van der Waals surface area contributed by atoms with Gasteiger partial charge in [0.25, 0.3) is 0 Å². The average molecular weight is 399 g/mol. The number of fused-ring (bicyclic) bond motifs is 1. The van der Waals surface area contributed by atoms with Gasteiger partial charge in [0.05, 0.1) is 5.39 Å². The van der Waals surface area contributed by atoms with Crippen molar-refractivity contribution in [2.75, 3.05) is 0 Å². The fourth-order valence-corrected chi connectivity index (χ4v) is 4.04. The summed E-state index contributed by atoms with van der Waals surface area (Å²) in [6, 6.07) is 8.62. The number of benzene rings is 1. The van der Waals surface area contributed by atoms with Crippen LogP contribution in [-0.2, 0) is 6.54 Å². The molecule has 0 amide bonds. The van der Waals surface area contributed by atoms with Crippen LogP contribution in [0.1, 0.15) is 46.7 Å². The van der Waals surface area contributed by atoms with Crippen molar-refractivity contribution in [1.82, 2.24) is 4.57 Å². The Kier molecular flexibility index (Phi) is 9.19. The van der Waals surface area contributed by atoms with E-state index < -0.39 is 0 Å². The second kappa shape index (κ2) is 10.9. The van der Waals surface area contributed by atoms with Crippen LogP contribution >= 0.6 is 11.3 Å². The second-order valence-corrected chi connectivity index (χ2v) is 7.58. The molecule has 0 radical (unpaired) electrons. The molecule has 0 saturated heterocycles. The van der Waals surface area contributed by atoms with Crippen molar-refractivity contribution in [2.24, 2.45) is 0 Å². The Labute approximate surface area is 172 Å². The van der Waals surface area contributed by atoms with Crippen LogP contribution in [0.25, 0.3) is 10.2 Å². The molecule has 0 fully saturated rings. The number of nitrogens with zero attached hydrogens (tertiary/aromatic N) is 1. The first-order chi connectivity index (χ1) is 13.3. The van der Waals surface area contributed by atoms with Gasteiger partial charge < -0.3 is 4.57 Å². The zero-order chi connectivity index (χ0) is 21.4. The molecule has 4 nitrogen and oxygen atoms in total. The third-order valence-electron chi connectivity index (χ3n) is 4.66. The van der Waals surface area contributed by atoms with E-state index in [0.29, 0.717) is 13.3 Å². The van der Waals surface area contributed by atoms with Gasteiger partial charge in [-0.15, -0.1) is 11.3 Å². The SMILES string of the molecule is CC.Cc1ccc(Cn2c(C)c(C)c(=O)c3c(C)c(C)sc32)cc1.OB=CO. The monoisotopic (exact) mass is 399 g/mol. The summed E-state index contributed by atoms with van der Waals surface area (Å²) in [7, 11) is 0.556. The Morgan fingerprint density at radius 1 is 1.04 bits per heavy atom. The predicted molar refractivity (Wildman–Crippen MR) is 123 cm³/mol. The fourth-order valence-electron chi connectivity index (χ4n) is 2.84.